The van der Waals surface area contributed by atoms with Crippen molar-refractivity contribution in [2.45, 2.75) is 19.6 Å². The molecule has 3 aromatic heterocycles. The monoisotopic (exact) mass is 300 g/mol. The summed E-state index contributed by atoms with van der Waals surface area (Å²) in [6, 6.07) is 0. The summed E-state index contributed by atoms with van der Waals surface area (Å²) in [5.74, 6) is 2.86. The average molecular weight is 300 g/mol. The van der Waals surface area contributed by atoms with Crippen LogP contribution >= 0.6 is 0 Å². The van der Waals surface area contributed by atoms with Crippen molar-refractivity contribution in [3.8, 4) is 0 Å². The van der Waals surface area contributed by atoms with E-state index in [1.165, 1.54) is 0 Å². The minimum absolute atomic E-state index is 0.738. The smallest absolute Gasteiger partial charge is 0.120 e. The Morgan fingerprint density at radius 1 is 0.818 bits per heavy atom. The Kier molecular flexibility index (Phi) is 4.96. The summed E-state index contributed by atoms with van der Waals surface area (Å²) >= 11 is 0. The molecular formula is C14H20N8. The molecule has 0 bridgehead atoms. The van der Waals surface area contributed by atoms with E-state index in [1.54, 1.807) is 18.6 Å². The van der Waals surface area contributed by atoms with Crippen LogP contribution in [-0.2, 0) is 19.6 Å². The van der Waals surface area contributed by atoms with Crippen molar-refractivity contribution in [1.82, 2.24) is 40.1 Å². The van der Waals surface area contributed by atoms with Crippen molar-refractivity contribution in [3.05, 3.63) is 54.7 Å². The van der Waals surface area contributed by atoms with Crippen molar-refractivity contribution in [1.29, 1.82) is 0 Å². The second-order valence-electron chi connectivity index (χ2n) is 5.00. The quantitative estimate of drug-likeness (QED) is 0.435. The van der Waals surface area contributed by atoms with Gasteiger partial charge in [-0.3, -0.25) is 4.90 Å². The zero-order chi connectivity index (χ0) is 15.0. The Morgan fingerprint density at radius 2 is 1.36 bits per heavy atom. The molecule has 3 aromatic rings. The lowest BCUT2D eigenvalue weighted by molar-refractivity contribution is 0.245. The maximum atomic E-state index is 4.29. The number of H-pyrrole nitrogens is 3. The lowest BCUT2D eigenvalue weighted by Crippen LogP contribution is -2.32. The van der Waals surface area contributed by atoms with Gasteiger partial charge in [0, 0.05) is 50.3 Å². The van der Waals surface area contributed by atoms with Crippen LogP contribution in [0.3, 0.4) is 0 Å². The maximum absolute atomic E-state index is 4.29. The van der Waals surface area contributed by atoms with Gasteiger partial charge in [-0.15, -0.1) is 0 Å². The summed E-state index contributed by atoms with van der Waals surface area (Å²) in [5, 5.41) is 3.38. The highest BCUT2D eigenvalue weighted by Crippen LogP contribution is 2.03. The molecule has 0 unspecified atom stereocenters. The molecular weight excluding hydrogens is 280 g/mol. The standard InChI is InChI=1S/C14H20N8/c1-2-17-12(16-1)9-15-7-8-22(10-13-18-3-4-19-13)11-14-20-5-6-21-14/h1-6,15H,7-11H2,(H,16,17)(H,18,19)(H,20,21). The molecule has 3 heterocycles. The third-order valence-corrected chi connectivity index (χ3v) is 3.31. The van der Waals surface area contributed by atoms with Crippen LogP contribution < -0.4 is 5.32 Å². The van der Waals surface area contributed by atoms with Gasteiger partial charge in [0.05, 0.1) is 19.6 Å². The predicted molar refractivity (Wildman–Crippen MR) is 81.6 cm³/mol. The first-order chi connectivity index (χ1) is 10.9. The van der Waals surface area contributed by atoms with Crippen LogP contribution in [0.4, 0.5) is 0 Å². The third-order valence-electron chi connectivity index (χ3n) is 3.31. The molecule has 0 aliphatic carbocycles. The van der Waals surface area contributed by atoms with Crippen molar-refractivity contribution in [2.75, 3.05) is 13.1 Å². The Hall–Kier alpha value is -2.45. The largest absolute Gasteiger partial charge is 0.348 e. The van der Waals surface area contributed by atoms with E-state index in [4.69, 9.17) is 0 Å². The van der Waals surface area contributed by atoms with E-state index < -0.39 is 0 Å². The molecule has 0 aliphatic rings. The first kappa shape index (κ1) is 14.5. The van der Waals surface area contributed by atoms with E-state index in [2.05, 4.69) is 40.1 Å². The van der Waals surface area contributed by atoms with Crippen LogP contribution in [0, 0.1) is 0 Å². The number of nitrogens with one attached hydrogen (secondary N) is 4. The highest BCUT2D eigenvalue weighted by atomic mass is 15.2. The lowest BCUT2D eigenvalue weighted by atomic mass is 10.4. The minimum atomic E-state index is 0.738. The first-order valence-electron chi connectivity index (χ1n) is 7.28. The zero-order valence-electron chi connectivity index (χ0n) is 12.3. The van der Waals surface area contributed by atoms with Gasteiger partial charge in [-0.05, 0) is 0 Å². The third kappa shape index (κ3) is 4.27. The summed E-state index contributed by atoms with van der Waals surface area (Å²) in [6.07, 6.45) is 10.8. The summed E-state index contributed by atoms with van der Waals surface area (Å²) in [4.78, 5) is 24.4. The van der Waals surface area contributed by atoms with Crippen molar-refractivity contribution >= 4 is 0 Å². The van der Waals surface area contributed by atoms with Crippen LogP contribution in [0.1, 0.15) is 17.5 Å². The Balaban J connectivity index is 1.49. The summed E-state index contributed by atoms with van der Waals surface area (Å²) in [5.41, 5.74) is 0. The van der Waals surface area contributed by atoms with Crippen LogP contribution in [0.15, 0.2) is 37.2 Å². The molecule has 4 N–H and O–H groups in total. The maximum Gasteiger partial charge on any atom is 0.120 e. The molecule has 0 saturated carbocycles. The van der Waals surface area contributed by atoms with Crippen molar-refractivity contribution < 1.29 is 0 Å². The molecule has 0 amide bonds. The molecule has 0 atom stereocenters. The van der Waals surface area contributed by atoms with E-state index >= 15 is 0 Å². The SMILES string of the molecule is c1c[nH]c(CNCCN(Cc2ncc[nH]2)Cc2ncc[nH]2)n1. The number of rotatable bonds is 9. The number of aromatic amines is 3. The summed E-state index contributed by atoms with van der Waals surface area (Å²) < 4.78 is 0. The number of nitrogens with zero attached hydrogens (tertiary/aromatic N) is 4. The van der Waals surface area contributed by atoms with Gasteiger partial charge < -0.3 is 20.3 Å². The second kappa shape index (κ2) is 7.53. The van der Waals surface area contributed by atoms with E-state index in [9.17, 15) is 0 Å². The second-order valence-corrected chi connectivity index (χ2v) is 5.00. The van der Waals surface area contributed by atoms with Gasteiger partial charge in [0.2, 0.25) is 0 Å². The number of imidazole rings is 3. The zero-order valence-corrected chi connectivity index (χ0v) is 12.3. The van der Waals surface area contributed by atoms with Crippen LogP contribution in [-0.4, -0.2) is 47.9 Å². The molecule has 0 aromatic carbocycles. The molecule has 0 aliphatic heterocycles. The van der Waals surface area contributed by atoms with E-state index in [0.29, 0.717) is 0 Å². The Morgan fingerprint density at radius 3 is 1.86 bits per heavy atom. The molecule has 8 nitrogen and oxygen atoms in total. The van der Waals surface area contributed by atoms with Crippen LogP contribution in [0.5, 0.6) is 0 Å². The van der Waals surface area contributed by atoms with E-state index in [0.717, 1.165) is 50.2 Å². The van der Waals surface area contributed by atoms with Crippen LogP contribution in [0.2, 0.25) is 0 Å². The number of hydrogen-bond acceptors (Lipinski definition) is 5. The molecule has 3 rings (SSSR count). The van der Waals surface area contributed by atoms with Gasteiger partial charge in [-0.1, -0.05) is 0 Å². The lowest BCUT2D eigenvalue weighted by Gasteiger charge is -2.20. The van der Waals surface area contributed by atoms with Crippen LogP contribution in [0.25, 0.3) is 0 Å². The van der Waals surface area contributed by atoms with Gasteiger partial charge >= 0.3 is 0 Å². The molecule has 0 radical (unpaired) electrons. The predicted octanol–water partition coefficient (Wildman–Crippen LogP) is 0.648. The van der Waals surface area contributed by atoms with Gasteiger partial charge in [0.1, 0.15) is 17.5 Å². The highest BCUT2D eigenvalue weighted by molar-refractivity contribution is 4.91. The molecule has 8 heteroatoms. The molecule has 116 valence electrons. The molecule has 0 saturated heterocycles. The minimum Gasteiger partial charge on any atom is -0.348 e. The number of hydrogen-bond donors (Lipinski definition) is 4. The summed E-state index contributed by atoms with van der Waals surface area (Å²) in [6.45, 7) is 4.01. The van der Waals surface area contributed by atoms with E-state index in [1.807, 2.05) is 18.6 Å². The summed E-state index contributed by atoms with van der Waals surface area (Å²) in [7, 11) is 0. The topological polar surface area (TPSA) is 101 Å². The fourth-order valence-electron chi connectivity index (χ4n) is 2.25. The highest BCUT2D eigenvalue weighted by Gasteiger charge is 2.09. The van der Waals surface area contributed by atoms with E-state index in [-0.39, 0.29) is 0 Å². The van der Waals surface area contributed by atoms with Gasteiger partial charge in [0.15, 0.2) is 0 Å². The average Bonchev–Trinajstić information content (AvgIpc) is 3.26. The van der Waals surface area contributed by atoms with Gasteiger partial charge in [-0.25, -0.2) is 15.0 Å². The normalized spacial score (nSPS) is 11.3. The van der Waals surface area contributed by atoms with Gasteiger partial charge in [0.25, 0.3) is 0 Å². The fraction of sp³-hybridized carbons (Fsp3) is 0.357. The Bertz CT molecular complexity index is 578. The molecule has 0 fully saturated rings. The molecule has 0 spiro atoms. The fourth-order valence-corrected chi connectivity index (χ4v) is 2.25. The number of aromatic nitrogens is 6. The Labute approximate surface area is 128 Å². The molecule has 22 heavy (non-hydrogen) atoms. The van der Waals surface area contributed by atoms with Crippen molar-refractivity contribution in [3.63, 3.8) is 0 Å². The van der Waals surface area contributed by atoms with Crippen molar-refractivity contribution in [2.24, 2.45) is 0 Å². The first-order valence-corrected chi connectivity index (χ1v) is 7.28. The van der Waals surface area contributed by atoms with Gasteiger partial charge in [-0.2, -0.15) is 0 Å².